The van der Waals surface area contributed by atoms with Crippen LogP contribution in [0.1, 0.15) is 35.7 Å². The molecule has 2 rings (SSSR count). The Hall–Kier alpha value is -1.13. The molecule has 3 nitrogen and oxygen atoms in total. The lowest BCUT2D eigenvalue weighted by molar-refractivity contribution is 0.0921. The molecule has 0 spiro atoms. The Morgan fingerprint density at radius 2 is 2.05 bits per heavy atom. The molecule has 0 aromatic heterocycles. The van der Waals surface area contributed by atoms with Crippen LogP contribution in [0.2, 0.25) is 0 Å². The summed E-state index contributed by atoms with van der Waals surface area (Å²) >= 11 is 0. The Balaban J connectivity index is 0.00000200. The van der Waals surface area contributed by atoms with Gasteiger partial charge in [0, 0.05) is 12.1 Å². The summed E-state index contributed by atoms with van der Waals surface area (Å²) in [5.41, 5.74) is 1.37. The van der Waals surface area contributed by atoms with E-state index in [4.69, 9.17) is 0 Å². The number of rotatable bonds is 3. The second-order valence-corrected chi connectivity index (χ2v) is 5.70. The molecule has 112 valence electrons. The molecule has 1 aromatic rings. The number of piperidine rings is 1. The predicted octanol–water partition coefficient (Wildman–Crippen LogP) is 2.68. The maximum absolute atomic E-state index is 13.2. The first-order valence-corrected chi connectivity index (χ1v) is 6.75. The number of hydrogen-bond acceptors (Lipinski definition) is 2. The molecule has 0 atom stereocenters. The number of halogens is 2. The van der Waals surface area contributed by atoms with Crippen LogP contribution in [-0.4, -0.2) is 25.5 Å². The molecule has 1 aromatic carbocycles. The Bertz CT molecular complexity index is 473. The molecule has 0 radical (unpaired) electrons. The Morgan fingerprint density at radius 3 is 2.70 bits per heavy atom. The fourth-order valence-corrected chi connectivity index (χ4v) is 2.43. The zero-order valence-corrected chi connectivity index (χ0v) is 12.8. The first kappa shape index (κ1) is 16.9. The molecule has 0 bridgehead atoms. The molecule has 1 amide bonds. The van der Waals surface area contributed by atoms with Crippen LogP contribution >= 0.6 is 12.4 Å². The molecule has 0 aliphatic carbocycles. The van der Waals surface area contributed by atoms with Crippen LogP contribution in [0.15, 0.2) is 18.2 Å². The Kier molecular flexibility index (Phi) is 5.96. The van der Waals surface area contributed by atoms with Gasteiger partial charge in [0.2, 0.25) is 0 Å². The van der Waals surface area contributed by atoms with E-state index in [0.717, 1.165) is 31.5 Å². The third-order valence-corrected chi connectivity index (χ3v) is 3.93. The van der Waals surface area contributed by atoms with Crippen LogP contribution in [0.5, 0.6) is 0 Å². The van der Waals surface area contributed by atoms with Crippen LogP contribution in [0, 0.1) is 18.2 Å². The number of amides is 1. The average molecular weight is 301 g/mol. The molecular weight excluding hydrogens is 279 g/mol. The third kappa shape index (κ3) is 4.18. The van der Waals surface area contributed by atoms with Crippen LogP contribution < -0.4 is 10.6 Å². The Morgan fingerprint density at radius 1 is 1.40 bits per heavy atom. The highest BCUT2D eigenvalue weighted by Gasteiger charge is 2.27. The van der Waals surface area contributed by atoms with Crippen LogP contribution in [-0.2, 0) is 0 Å². The van der Waals surface area contributed by atoms with E-state index in [0.29, 0.717) is 12.1 Å². The molecule has 5 heteroatoms. The highest BCUT2D eigenvalue weighted by Crippen LogP contribution is 2.26. The summed E-state index contributed by atoms with van der Waals surface area (Å²) in [4.78, 5) is 12.1. The highest BCUT2D eigenvalue weighted by molar-refractivity contribution is 5.95. The van der Waals surface area contributed by atoms with E-state index in [2.05, 4.69) is 17.6 Å². The maximum atomic E-state index is 13.2. The van der Waals surface area contributed by atoms with Crippen molar-refractivity contribution >= 4 is 18.3 Å². The van der Waals surface area contributed by atoms with Crippen molar-refractivity contribution in [3.63, 3.8) is 0 Å². The molecule has 0 unspecified atom stereocenters. The van der Waals surface area contributed by atoms with E-state index >= 15 is 0 Å². The van der Waals surface area contributed by atoms with Gasteiger partial charge in [-0.2, -0.15) is 0 Å². The molecule has 1 aliphatic heterocycles. The quantitative estimate of drug-likeness (QED) is 0.901. The lowest BCUT2D eigenvalue weighted by Crippen LogP contribution is -2.43. The molecule has 0 saturated carbocycles. The van der Waals surface area contributed by atoms with E-state index in [1.54, 1.807) is 6.07 Å². The summed E-state index contributed by atoms with van der Waals surface area (Å²) in [5, 5.41) is 6.26. The predicted molar refractivity (Wildman–Crippen MR) is 80.9 cm³/mol. The number of carbonyl (C=O) groups excluding carboxylic acids is 1. The summed E-state index contributed by atoms with van der Waals surface area (Å²) in [6.07, 6.45) is 2.10. The van der Waals surface area contributed by atoms with Crippen LogP contribution in [0.3, 0.4) is 0 Å². The van der Waals surface area contributed by atoms with E-state index in [-0.39, 0.29) is 29.5 Å². The summed E-state index contributed by atoms with van der Waals surface area (Å²) < 4.78 is 13.2. The van der Waals surface area contributed by atoms with Crippen molar-refractivity contribution in [2.24, 2.45) is 5.41 Å². The van der Waals surface area contributed by atoms with Gasteiger partial charge in [-0.05, 0) is 56.0 Å². The van der Waals surface area contributed by atoms with Gasteiger partial charge in [0.15, 0.2) is 0 Å². The topological polar surface area (TPSA) is 41.1 Å². The van der Waals surface area contributed by atoms with Crippen molar-refractivity contribution in [2.45, 2.75) is 26.7 Å². The second kappa shape index (κ2) is 7.04. The first-order chi connectivity index (χ1) is 9.00. The number of aryl methyl sites for hydroxylation is 1. The minimum atomic E-state index is -0.371. The van der Waals surface area contributed by atoms with Gasteiger partial charge in [-0.1, -0.05) is 13.0 Å². The normalized spacial score (nSPS) is 17.1. The largest absolute Gasteiger partial charge is 0.351 e. The summed E-state index contributed by atoms with van der Waals surface area (Å²) in [6.45, 7) is 6.63. The van der Waals surface area contributed by atoms with Gasteiger partial charge in [-0.15, -0.1) is 12.4 Å². The van der Waals surface area contributed by atoms with Crippen molar-refractivity contribution in [3.8, 4) is 0 Å². The molecule has 1 saturated heterocycles. The van der Waals surface area contributed by atoms with E-state index < -0.39 is 0 Å². The van der Waals surface area contributed by atoms with Crippen molar-refractivity contribution in [3.05, 3.63) is 35.1 Å². The maximum Gasteiger partial charge on any atom is 0.251 e. The zero-order valence-electron chi connectivity index (χ0n) is 12.0. The minimum absolute atomic E-state index is 0. The Labute approximate surface area is 125 Å². The third-order valence-electron chi connectivity index (χ3n) is 3.93. The number of nitrogens with one attached hydrogen (secondary N) is 2. The van der Waals surface area contributed by atoms with E-state index in [1.165, 1.54) is 12.1 Å². The summed E-state index contributed by atoms with van der Waals surface area (Å²) in [5.74, 6) is -0.555. The van der Waals surface area contributed by atoms with Gasteiger partial charge in [0.1, 0.15) is 5.82 Å². The van der Waals surface area contributed by atoms with Gasteiger partial charge in [-0.25, -0.2) is 4.39 Å². The average Bonchev–Trinajstić information content (AvgIpc) is 2.40. The summed E-state index contributed by atoms with van der Waals surface area (Å²) in [7, 11) is 0. The monoisotopic (exact) mass is 300 g/mol. The standard InChI is InChI=1S/C15H21FN2O.ClH/c1-11-3-4-12(16)9-13(11)14(19)18-10-15(2)5-7-17-8-6-15;/h3-4,9,17H,5-8,10H2,1-2H3,(H,18,19);1H. The molecule has 1 aliphatic rings. The van der Waals surface area contributed by atoms with E-state index in [9.17, 15) is 9.18 Å². The molecule has 1 fully saturated rings. The molecule has 20 heavy (non-hydrogen) atoms. The van der Waals surface area contributed by atoms with Crippen LogP contribution in [0.4, 0.5) is 4.39 Å². The lowest BCUT2D eigenvalue weighted by atomic mass is 9.81. The molecule has 1 heterocycles. The SMILES string of the molecule is Cc1ccc(F)cc1C(=O)NCC1(C)CCNCC1.Cl. The number of benzene rings is 1. The second-order valence-electron chi connectivity index (χ2n) is 5.70. The van der Waals surface area contributed by atoms with Gasteiger partial charge in [0.05, 0.1) is 0 Å². The van der Waals surface area contributed by atoms with Crippen molar-refractivity contribution in [2.75, 3.05) is 19.6 Å². The molecular formula is C15H22ClFN2O. The first-order valence-electron chi connectivity index (χ1n) is 6.75. The van der Waals surface area contributed by atoms with Gasteiger partial charge < -0.3 is 10.6 Å². The van der Waals surface area contributed by atoms with Gasteiger partial charge >= 0.3 is 0 Å². The van der Waals surface area contributed by atoms with Crippen molar-refractivity contribution in [1.82, 2.24) is 10.6 Å². The number of carbonyl (C=O) groups is 1. The van der Waals surface area contributed by atoms with E-state index in [1.807, 2.05) is 6.92 Å². The minimum Gasteiger partial charge on any atom is -0.351 e. The smallest absolute Gasteiger partial charge is 0.251 e. The van der Waals surface area contributed by atoms with Gasteiger partial charge in [0.25, 0.3) is 5.91 Å². The lowest BCUT2D eigenvalue weighted by Gasteiger charge is -2.34. The highest BCUT2D eigenvalue weighted by atomic mass is 35.5. The van der Waals surface area contributed by atoms with Gasteiger partial charge in [-0.3, -0.25) is 4.79 Å². The summed E-state index contributed by atoms with van der Waals surface area (Å²) in [6, 6.07) is 4.31. The van der Waals surface area contributed by atoms with Crippen molar-refractivity contribution < 1.29 is 9.18 Å². The number of hydrogen-bond donors (Lipinski definition) is 2. The fraction of sp³-hybridized carbons (Fsp3) is 0.533. The van der Waals surface area contributed by atoms with Crippen LogP contribution in [0.25, 0.3) is 0 Å². The fourth-order valence-electron chi connectivity index (χ4n) is 2.43. The van der Waals surface area contributed by atoms with Crippen molar-refractivity contribution in [1.29, 1.82) is 0 Å². The zero-order chi connectivity index (χ0) is 13.9. The molecule has 2 N–H and O–H groups in total.